The van der Waals surface area contributed by atoms with E-state index in [0.717, 1.165) is 22.6 Å². The summed E-state index contributed by atoms with van der Waals surface area (Å²) in [6, 6.07) is 20.7. The van der Waals surface area contributed by atoms with Crippen molar-refractivity contribution in [2.24, 2.45) is 0 Å². The molecule has 1 atom stereocenters. The molecule has 0 saturated carbocycles. The Balaban J connectivity index is 2.10. The summed E-state index contributed by atoms with van der Waals surface area (Å²) < 4.78 is 0. The monoisotopic (exact) mass is 399 g/mol. The minimum absolute atomic E-state index is 0.176. The lowest BCUT2D eigenvalue weighted by Gasteiger charge is -2.27. The van der Waals surface area contributed by atoms with Gasteiger partial charge in [-0.05, 0) is 98.0 Å². The molecule has 3 nitrogen and oxygen atoms in total. The molecule has 154 valence electrons. The van der Waals surface area contributed by atoms with Crippen molar-refractivity contribution >= 4 is 22.8 Å². The van der Waals surface area contributed by atoms with Crippen molar-refractivity contribution in [2.75, 3.05) is 11.5 Å². The van der Waals surface area contributed by atoms with Crippen molar-refractivity contribution in [1.82, 2.24) is 0 Å². The lowest BCUT2D eigenvalue weighted by Crippen LogP contribution is -2.15. The van der Waals surface area contributed by atoms with Gasteiger partial charge in [-0.15, -0.1) is 0 Å². The molecule has 3 rings (SSSR count). The molecule has 0 fully saturated rings. The summed E-state index contributed by atoms with van der Waals surface area (Å²) in [6.07, 6.45) is 1.27. The van der Waals surface area contributed by atoms with Crippen LogP contribution in [0.5, 0.6) is 0 Å². The fourth-order valence-electron chi connectivity index (χ4n) is 3.53. The van der Waals surface area contributed by atoms with Crippen LogP contribution in [0.3, 0.4) is 0 Å². The maximum atomic E-state index is 12.1. The lowest BCUT2D eigenvalue weighted by atomic mass is 9.95. The third-order valence-electron chi connectivity index (χ3n) is 5.78. The molecule has 30 heavy (non-hydrogen) atoms. The fourth-order valence-corrected chi connectivity index (χ4v) is 3.53. The molecule has 0 spiro atoms. The van der Waals surface area contributed by atoms with Crippen molar-refractivity contribution < 1.29 is 9.90 Å². The number of benzene rings is 3. The molecule has 3 aromatic rings. The van der Waals surface area contributed by atoms with Gasteiger partial charge in [-0.1, -0.05) is 30.8 Å². The molecule has 1 unspecified atom stereocenters. The first-order valence-electron chi connectivity index (χ1n) is 10.2. The summed E-state index contributed by atoms with van der Waals surface area (Å²) in [7, 11) is 0. The number of hydrogen-bond donors (Lipinski definition) is 1. The smallest absolute Gasteiger partial charge is 0.164 e. The van der Waals surface area contributed by atoms with Gasteiger partial charge in [-0.2, -0.15) is 0 Å². The summed E-state index contributed by atoms with van der Waals surface area (Å²) in [5, 5.41) is 9.65. The third-order valence-corrected chi connectivity index (χ3v) is 5.78. The van der Waals surface area contributed by atoms with Gasteiger partial charge in [-0.25, -0.2) is 0 Å². The molecule has 0 saturated heterocycles. The van der Waals surface area contributed by atoms with E-state index in [2.05, 4.69) is 75.6 Å². The fraction of sp³-hybridized carbons (Fsp3) is 0.222. The van der Waals surface area contributed by atoms with Crippen LogP contribution < -0.4 is 4.90 Å². The van der Waals surface area contributed by atoms with Crippen molar-refractivity contribution in [2.45, 2.75) is 33.6 Å². The maximum Gasteiger partial charge on any atom is 0.164 e. The third kappa shape index (κ3) is 4.37. The Hall–Kier alpha value is -3.17. The summed E-state index contributed by atoms with van der Waals surface area (Å²) in [6.45, 7) is 11.8. The highest BCUT2D eigenvalue weighted by Gasteiger charge is 2.19. The van der Waals surface area contributed by atoms with Crippen molar-refractivity contribution in [1.29, 1.82) is 0 Å². The van der Waals surface area contributed by atoms with Crippen LogP contribution in [-0.4, -0.2) is 17.5 Å². The van der Waals surface area contributed by atoms with E-state index in [4.69, 9.17) is 0 Å². The van der Waals surface area contributed by atoms with E-state index >= 15 is 0 Å². The summed E-state index contributed by atoms with van der Waals surface area (Å²) in [5.74, 6) is -0.751. The first-order chi connectivity index (χ1) is 14.3. The van der Waals surface area contributed by atoms with Crippen LogP contribution in [0.25, 0.3) is 0 Å². The molecule has 3 heteroatoms. The largest absolute Gasteiger partial charge is 0.395 e. The molecule has 0 heterocycles. The van der Waals surface area contributed by atoms with Crippen LogP contribution in [-0.2, 0) is 4.79 Å². The Labute approximate surface area is 179 Å². The van der Waals surface area contributed by atoms with Gasteiger partial charge in [0.05, 0.1) is 12.5 Å². The average Bonchev–Trinajstić information content (AvgIpc) is 2.74. The number of nitrogens with zero attached hydrogens (tertiary/aromatic N) is 1. The summed E-state index contributed by atoms with van der Waals surface area (Å²) in [5.41, 5.74) is 8.90. The van der Waals surface area contributed by atoms with Crippen LogP contribution in [0.1, 0.15) is 33.7 Å². The SMILES string of the molecule is C=CC(=O)C(CO)c1ccc(N(c2ccc(C)c(C)c2)c2ccc(C)c(C)c2)cc1. The minimum Gasteiger partial charge on any atom is -0.395 e. The zero-order chi connectivity index (χ0) is 21.8. The van der Waals surface area contributed by atoms with Crippen LogP contribution in [0, 0.1) is 27.7 Å². The molecule has 0 aliphatic rings. The number of aliphatic hydroxyl groups excluding tert-OH is 1. The molecular formula is C27H29NO2. The second kappa shape index (κ2) is 9.10. The van der Waals surface area contributed by atoms with E-state index in [0.29, 0.717) is 0 Å². The predicted octanol–water partition coefficient (Wildman–Crippen LogP) is 6.22. The number of hydrogen-bond acceptors (Lipinski definition) is 3. The average molecular weight is 400 g/mol. The first-order valence-corrected chi connectivity index (χ1v) is 10.2. The van der Waals surface area contributed by atoms with Crippen LogP contribution in [0.4, 0.5) is 17.1 Å². The molecule has 3 aromatic carbocycles. The first kappa shape index (κ1) is 21.5. The predicted molar refractivity (Wildman–Crippen MR) is 125 cm³/mol. The van der Waals surface area contributed by atoms with Crippen molar-refractivity contribution in [3.63, 3.8) is 0 Å². The van der Waals surface area contributed by atoms with Gasteiger partial charge in [0.1, 0.15) is 0 Å². The zero-order valence-electron chi connectivity index (χ0n) is 18.1. The number of aryl methyl sites for hydroxylation is 4. The number of ketones is 1. The Kier molecular flexibility index (Phi) is 6.53. The molecule has 0 amide bonds. The Morgan fingerprint density at radius 2 is 1.30 bits per heavy atom. The summed E-state index contributed by atoms with van der Waals surface area (Å²) >= 11 is 0. The Bertz CT molecular complexity index is 1020. The molecule has 0 bridgehead atoms. The van der Waals surface area contributed by atoms with Gasteiger partial charge in [-0.3, -0.25) is 4.79 Å². The summed E-state index contributed by atoms with van der Waals surface area (Å²) in [4.78, 5) is 14.3. The topological polar surface area (TPSA) is 40.5 Å². The van der Waals surface area contributed by atoms with E-state index in [1.54, 1.807) is 0 Å². The number of carbonyl (C=O) groups is 1. The number of allylic oxidation sites excluding steroid dienone is 1. The molecule has 0 aliphatic heterocycles. The van der Waals surface area contributed by atoms with Gasteiger partial charge in [0, 0.05) is 17.1 Å². The maximum absolute atomic E-state index is 12.1. The Morgan fingerprint density at radius 3 is 1.70 bits per heavy atom. The highest BCUT2D eigenvalue weighted by molar-refractivity contribution is 5.95. The van der Waals surface area contributed by atoms with Crippen molar-refractivity contribution in [3.05, 3.63) is 101 Å². The standard InChI is InChI=1S/C27H29NO2/c1-6-27(30)26(17-29)22-9-13-23(14-10-22)28(24-11-7-18(2)20(4)15-24)25-12-8-19(3)21(5)16-25/h6-16,26,29H,1,17H2,2-5H3. The number of anilines is 3. The highest BCUT2D eigenvalue weighted by atomic mass is 16.3. The number of aliphatic hydroxyl groups is 1. The van der Waals surface area contributed by atoms with E-state index < -0.39 is 5.92 Å². The molecular weight excluding hydrogens is 370 g/mol. The van der Waals surface area contributed by atoms with Crippen LogP contribution >= 0.6 is 0 Å². The van der Waals surface area contributed by atoms with Gasteiger partial charge in [0.15, 0.2) is 5.78 Å². The molecule has 0 aliphatic carbocycles. The second-order valence-corrected chi connectivity index (χ2v) is 7.81. The minimum atomic E-state index is -0.576. The van der Waals surface area contributed by atoms with Gasteiger partial charge in [0.2, 0.25) is 0 Å². The van der Waals surface area contributed by atoms with Crippen LogP contribution in [0.15, 0.2) is 73.3 Å². The van der Waals surface area contributed by atoms with E-state index in [-0.39, 0.29) is 12.4 Å². The quantitative estimate of drug-likeness (QED) is 0.479. The molecule has 1 N–H and O–H groups in total. The molecule has 0 aromatic heterocycles. The highest BCUT2D eigenvalue weighted by Crippen LogP contribution is 2.36. The second-order valence-electron chi connectivity index (χ2n) is 7.81. The molecule has 0 radical (unpaired) electrons. The Morgan fingerprint density at radius 1 is 0.833 bits per heavy atom. The van der Waals surface area contributed by atoms with Crippen LogP contribution in [0.2, 0.25) is 0 Å². The van der Waals surface area contributed by atoms with Crippen molar-refractivity contribution in [3.8, 4) is 0 Å². The number of carbonyl (C=O) groups excluding carboxylic acids is 1. The number of rotatable bonds is 7. The van der Waals surface area contributed by atoms with E-state index in [9.17, 15) is 9.90 Å². The van der Waals surface area contributed by atoms with E-state index in [1.807, 2.05) is 24.3 Å². The lowest BCUT2D eigenvalue weighted by molar-refractivity contribution is -0.116. The van der Waals surface area contributed by atoms with Gasteiger partial charge >= 0.3 is 0 Å². The van der Waals surface area contributed by atoms with Gasteiger partial charge in [0.25, 0.3) is 0 Å². The van der Waals surface area contributed by atoms with E-state index in [1.165, 1.54) is 28.3 Å². The normalized spacial score (nSPS) is 11.8. The van der Waals surface area contributed by atoms with Gasteiger partial charge < -0.3 is 10.0 Å². The zero-order valence-corrected chi connectivity index (χ0v) is 18.1.